The summed E-state index contributed by atoms with van der Waals surface area (Å²) in [5.41, 5.74) is 8.08. The minimum atomic E-state index is 0.327. The van der Waals surface area contributed by atoms with E-state index in [1.54, 1.807) is 17.8 Å². The number of aryl methyl sites for hydroxylation is 1. The van der Waals surface area contributed by atoms with E-state index >= 15 is 0 Å². The highest BCUT2D eigenvalue weighted by Gasteiger charge is 2.19. The average Bonchev–Trinajstić information content (AvgIpc) is 2.65. The topological polar surface area (TPSA) is 60.2 Å². The van der Waals surface area contributed by atoms with Crippen molar-refractivity contribution >= 4 is 30.0 Å². The first-order valence-electron chi connectivity index (χ1n) is 4.26. The zero-order valence-corrected chi connectivity index (χ0v) is 8.26. The number of hydrogen-bond acceptors (Lipinski definition) is 4. The molecule has 1 aliphatic rings. The van der Waals surface area contributed by atoms with Gasteiger partial charge in [0.05, 0.1) is 5.69 Å². The number of fused-ring (bicyclic) bond motifs is 1. The fourth-order valence-corrected chi connectivity index (χ4v) is 2.77. The quantitative estimate of drug-likeness (QED) is 0.590. The van der Waals surface area contributed by atoms with Crippen molar-refractivity contribution in [2.75, 3.05) is 11.5 Å². The van der Waals surface area contributed by atoms with Crippen molar-refractivity contribution in [2.45, 2.75) is 11.3 Å². The van der Waals surface area contributed by atoms with E-state index in [1.807, 2.05) is 0 Å². The first-order chi connectivity index (χ1) is 6.77. The van der Waals surface area contributed by atoms with Crippen LogP contribution in [0.15, 0.2) is 11.0 Å². The number of nitrogens with two attached hydrogens (primary N) is 1. The van der Waals surface area contributed by atoms with E-state index in [-0.39, 0.29) is 0 Å². The summed E-state index contributed by atoms with van der Waals surface area (Å²) in [5.74, 6) is 0.972. The van der Waals surface area contributed by atoms with Crippen LogP contribution < -0.4 is 5.73 Å². The summed E-state index contributed by atoms with van der Waals surface area (Å²) in [6, 6.07) is 1.77. The summed E-state index contributed by atoms with van der Waals surface area (Å²) >= 11 is 1.64. The molecule has 0 radical (unpaired) electrons. The third kappa shape index (κ3) is 1.23. The molecule has 0 aliphatic carbocycles. The Labute approximate surface area is 85.7 Å². The number of carbonyl (C=O) groups is 2. The van der Waals surface area contributed by atoms with Crippen LogP contribution in [0.25, 0.3) is 0 Å². The van der Waals surface area contributed by atoms with Crippen molar-refractivity contribution in [1.29, 1.82) is 0 Å². The van der Waals surface area contributed by atoms with Crippen molar-refractivity contribution in [1.82, 2.24) is 0 Å². The van der Waals surface area contributed by atoms with Crippen LogP contribution in [0.1, 0.15) is 26.3 Å². The summed E-state index contributed by atoms with van der Waals surface area (Å²) in [7, 11) is 0. The Hall–Kier alpha value is -1.29. The number of anilines is 1. The minimum Gasteiger partial charge on any atom is -0.397 e. The van der Waals surface area contributed by atoms with Crippen LogP contribution in [0.5, 0.6) is 0 Å². The van der Waals surface area contributed by atoms with Crippen molar-refractivity contribution in [2.24, 2.45) is 0 Å². The number of benzene rings is 1. The molecule has 2 N–H and O–H groups in total. The zero-order chi connectivity index (χ0) is 10.1. The van der Waals surface area contributed by atoms with Crippen molar-refractivity contribution in [3.05, 3.63) is 22.8 Å². The van der Waals surface area contributed by atoms with Gasteiger partial charge in [0.1, 0.15) is 0 Å². The third-order valence-corrected chi connectivity index (χ3v) is 3.51. The molecule has 3 nitrogen and oxygen atoms in total. The first kappa shape index (κ1) is 9.27. The van der Waals surface area contributed by atoms with Gasteiger partial charge in [0.15, 0.2) is 12.6 Å². The molecule has 0 amide bonds. The van der Waals surface area contributed by atoms with E-state index in [1.165, 1.54) is 0 Å². The Balaban J connectivity index is 2.71. The van der Waals surface area contributed by atoms with Crippen LogP contribution in [0.3, 0.4) is 0 Å². The second-order valence-electron chi connectivity index (χ2n) is 3.12. The SMILES string of the molecule is Nc1c(C=O)c(C=O)cc2c1SCC2. The monoisotopic (exact) mass is 207 g/mol. The van der Waals surface area contributed by atoms with Gasteiger partial charge < -0.3 is 5.73 Å². The largest absolute Gasteiger partial charge is 0.397 e. The molecule has 0 saturated carbocycles. The standard InChI is InChI=1S/C10H9NO2S/c11-9-8(5-13)7(4-12)3-6-1-2-14-10(6)9/h3-5H,1-2,11H2. The molecule has 1 aliphatic heterocycles. The van der Waals surface area contributed by atoms with Gasteiger partial charge in [-0.05, 0) is 18.1 Å². The van der Waals surface area contributed by atoms with Gasteiger partial charge >= 0.3 is 0 Å². The summed E-state index contributed by atoms with van der Waals surface area (Å²) in [6.07, 6.45) is 2.26. The summed E-state index contributed by atoms with van der Waals surface area (Å²) < 4.78 is 0. The number of aldehydes is 2. The normalized spacial score (nSPS) is 13.7. The lowest BCUT2D eigenvalue weighted by atomic mass is 10.0. The van der Waals surface area contributed by atoms with Crippen LogP contribution in [0.2, 0.25) is 0 Å². The molecular weight excluding hydrogens is 198 g/mol. The highest BCUT2D eigenvalue weighted by atomic mass is 32.2. The molecular formula is C10H9NO2S. The molecule has 0 spiro atoms. The molecule has 2 rings (SSSR count). The smallest absolute Gasteiger partial charge is 0.152 e. The molecule has 0 atom stereocenters. The van der Waals surface area contributed by atoms with Crippen molar-refractivity contribution < 1.29 is 9.59 Å². The Morgan fingerprint density at radius 3 is 2.79 bits per heavy atom. The highest BCUT2D eigenvalue weighted by Crippen LogP contribution is 2.38. The second-order valence-corrected chi connectivity index (χ2v) is 4.22. The molecule has 0 saturated heterocycles. The summed E-state index contributed by atoms with van der Waals surface area (Å²) in [6.45, 7) is 0. The fourth-order valence-electron chi connectivity index (χ4n) is 1.63. The molecule has 4 heteroatoms. The Kier molecular flexibility index (Phi) is 2.29. The van der Waals surface area contributed by atoms with Gasteiger partial charge in [-0.15, -0.1) is 11.8 Å². The van der Waals surface area contributed by atoms with E-state index < -0.39 is 0 Å². The van der Waals surface area contributed by atoms with E-state index in [4.69, 9.17) is 5.73 Å². The number of rotatable bonds is 2. The Morgan fingerprint density at radius 1 is 1.36 bits per heavy atom. The lowest BCUT2D eigenvalue weighted by Gasteiger charge is -2.07. The third-order valence-electron chi connectivity index (χ3n) is 2.33. The van der Waals surface area contributed by atoms with Gasteiger partial charge in [-0.3, -0.25) is 9.59 Å². The van der Waals surface area contributed by atoms with Crippen LogP contribution in [0.4, 0.5) is 5.69 Å². The summed E-state index contributed by atoms with van der Waals surface area (Å²) in [4.78, 5) is 22.4. The van der Waals surface area contributed by atoms with Gasteiger partial charge in [-0.1, -0.05) is 0 Å². The average molecular weight is 207 g/mol. The zero-order valence-electron chi connectivity index (χ0n) is 7.45. The first-order valence-corrected chi connectivity index (χ1v) is 5.25. The summed E-state index contributed by atoms with van der Waals surface area (Å²) in [5, 5.41) is 0. The van der Waals surface area contributed by atoms with Crippen LogP contribution >= 0.6 is 11.8 Å². The van der Waals surface area contributed by atoms with Crippen molar-refractivity contribution in [3.63, 3.8) is 0 Å². The maximum absolute atomic E-state index is 10.8. The van der Waals surface area contributed by atoms with Gasteiger partial charge in [0.2, 0.25) is 0 Å². The van der Waals surface area contributed by atoms with E-state index in [9.17, 15) is 9.59 Å². The Morgan fingerprint density at radius 2 is 2.14 bits per heavy atom. The van der Waals surface area contributed by atoms with Crippen LogP contribution in [-0.2, 0) is 6.42 Å². The number of thioether (sulfide) groups is 1. The van der Waals surface area contributed by atoms with Crippen LogP contribution in [0, 0.1) is 0 Å². The molecule has 1 heterocycles. The van der Waals surface area contributed by atoms with Gasteiger partial charge in [0.25, 0.3) is 0 Å². The van der Waals surface area contributed by atoms with E-state index in [0.29, 0.717) is 29.4 Å². The lowest BCUT2D eigenvalue weighted by molar-refractivity contribution is 0.109. The maximum atomic E-state index is 10.8. The number of nitrogen functional groups attached to an aromatic ring is 1. The predicted octanol–water partition coefficient (Wildman–Crippen LogP) is 1.54. The van der Waals surface area contributed by atoms with E-state index in [0.717, 1.165) is 22.6 Å². The molecule has 0 bridgehead atoms. The number of hydrogen-bond donors (Lipinski definition) is 1. The van der Waals surface area contributed by atoms with E-state index in [2.05, 4.69) is 0 Å². The van der Waals surface area contributed by atoms with Gasteiger partial charge in [-0.25, -0.2) is 0 Å². The molecule has 1 aromatic rings. The van der Waals surface area contributed by atoms with Gasteiger partial charge in [-0.2, -0.15) is 0 Å². The number of carbonyl (C=O) groups excluding carboxylic acids is 2. The Bertz CT molecular complexity index is 415. The molecule has 0 unspecified atom stereocenters. The molecule has 0 aromatic heterocycles. The van der Waals surface area contributed by atoms with Gasteiger partial charge in [0, 0.05) is 21.8 Å². The minimum absolute atomic E-state index is 0.327. The molecule has 1 aromatic carbocycles. The highest BCUT2D eigenvalue weighted by molar-refractivity contribution is 7.99. The molecule has 14 heavy (non-hydrogen) atoms. The molecule has 72 valence electrons. The van der Waals surface area contributed by atoms with Crippen LogP contribution in [-0.4, -0.2) is 18.3 Å². The lowest BCUT2D eigenvalue weighted by Crippen LogP contribution is -2.01. The fraction of sp³-hybridized carbons (Fsp3) is 0.200. The second kappa shape index (κ2) is 3.46. The molecule has 0 fully saturated rings. The predicted molar refractivity (Wildman–Crippen MR) is 56.1 cm³/mol. The van der Waals surface area contributed by atoms with Crippen molar-refractivity contribution in [3.8, 4) is 0 Å². The maximum Gasteiger partial charge on any atom is 0.152 e.